The zero-order chi connectivity index (χ0) is 9.84. The van der Waals surface area contributed by atoms with E-state index in [1.165, 1.54) is 4.90 Å². The highest BCUT2D eigenvalue weighted by Gasteiger charge is 2.25. The molecule has 0 spiro atoms. The molecular formula is C8H13NO4. The van der Waals surface area contributed by atoms with Crippen molar-refractivity contribution in [2.45, 2.75) is 12.8 Å². The van der Waals surface area contributed by atoms with Gasteiger partial charge < -0.3 is 15.1 Å². The first-order chi connectivity index (χ1) is 6.15. The van der Waals surface area contributed by atoms with Crippen molar-refractivity contribution in [1.29, 1.82) is 0 Å². The first kappa shape index (κ1) is 9.98. The summed E-state index contributed by atoms with van der Waals surface area (Å²) in [6.07, 6.45) is 1.38. The molecule has 0 radical (unpaired) electrons. The molecule has 1 aliphatic rings. The summed E-state index contributed by atoms with van der Waals surface area (Å²) in [6.45, 7) is 1.00. The normalized spacial score (nSPS) is 18.7. The van der Waals surface area contributed by atoms with Gasteiger partial charge >= 0.3 is 11.9 Å². The molecule has 0 unspecified atom stereocenters. The first-order valence-corrected chi connectivity index (χ1v) is 4.28. The summed E-state index contributed by atoms with van der Waals surface area (Å²) in [5.41, 5.74) is 0. The summed E-state index contributed by atoms with van der Waals surface area (Å²) >= 11 is 0. The van der Waals surface area contributed by atoms with Crippen molar-refractivity contribution < 1.29 is 19.8 Å². The summed E-state index contributed by atoms with van der Waals surface area (Å²) in [5.74, 6) is -2.02. The van der Waals surface area contributed by atoms with Gasteiger partial charge in [0, 0.05) is 19.7 Å². The van der Waals surface area contributed by atoms with Crippen LogP contribution in [0.15, 0.2) is 0 Å². The largest absolute Gasteiger partial charge is 0.474 e. The molecular weight excluding hydrogens is 174 g/mol. The highest BCUT2D eigenvalue weighted by Crippen LogP contribution is 2.16. The van der Waals surface area contributed by atoms with Crippen LogP contribution in [0.3, 0.4) is 0 Å². The lowest BCUT2D eigenvalue weighted by Gasteiger charge is -2.29. The molecule has 0 aromatic carbocycles. The van der Waals surface area contributed by atoms with Crippen molar-refractivity contribution >= 4 is 11.9 Å². The zero-order valence-corrected chi connectivity index (χ0v) is 7.27. The highest BCUT2D eigenvalue weighted by atomic mass is 16.4. The second kappa shape index (κ2) is 4.23. The molecule has 1 heterocycles. The number of aliphatic hydroxyl groups is 1. The molecule has 0 bridgehead atoms. The predicted molar refractivity (Wildman–Crippen MR) is 44.0 cm³/mol. The van der Waals surface area contributed by atoms with Crippen LogP contribution in [0.2, 0.25) is 0 Å². The van der Waals surface area contributed by atoms with Gasteiger partial charge in [0.2, 0.25) is 0 Å². The molecule has 5 heteroatoms. The minimum atomic E-state index is -1.40. The number of carbonyl (C=O) groups is 2. The molecule has 1 amide bonds. The Morgan fingerprint density at radius 1 is 1.31 bits per heavy atom. The zero-order valence-electron chi connectivity index (χ0n) is 7.27. The molecule has 1 fully saturated rings. The van der Waals surface area contributed by atoms with Gasteiger partial charge in [0.15, 0.2) is 0 Å². The van der Waals surface area contributed by atoms with Gasteiger partial charge in [-0.2, -0.15) is 0 Å². The van der Waals surface area contributed by atoms with E-state index in [2.05, 4.69) is 0 Å². The lowest BCUT2D eigenvalue weighted by atomic mass is 9.98. The fourth-order valence-corrected chi connectivity index (χ4v) is 1.45. The predicted octanol–water partition coefficient (Wildman–Crippen LogP) is -0.698. The summed E-state index contributed by atoms with van der Waals surface area (Å²) in [5, 5.41) is 17.2. The molecule has 0 saturated carbocycles. The van der Waals surface area contributed by atoms with Crippen LogP contribution in [0.4, 0.5) is 0 Å². The second-order valence-electron chi connectivity index (χ2n) is 3.22. The van der Waals surface area contributed by atoms with Gasteiger partial charge in [-0.25, -0.2) is 4.79 Å². The molecule has 1 rings (SSSR count). The standard InChI is InChI=1S/C8H13NO4/c10-5-6-1-3-9(4-2-6)7(11)8(12)13/h6,10H,1-5H2,(H,12,13). The van der Waals surface area contributed by atoms with Crippen molar-refractivity contribution in [3.63, 3.8) is 0 Å². The van der Waals surface area contributed by atoms with E-state index in [0.29, 0.717) is 25.9 Å². The van der Waals surface area contributed by atoms with Crippen molar-refractivity contribution in [3.05, 3.63) is 0 Å². The van der Waals surface area contributed by atoms with E-state index in [4.69, 9.17) is 10.2 Å². The van der Waals surface area contributed by atoms with Gasteiger partial charge in [-0.1, -0.05) is 0 Å². The number of hydrogen-bond donors (Lipinski definition) is 2. The summed E-state index contributed by atoms with van der Waals surface area (Å²) < 4.78 is 0. The monoisotopic (exact) mass is 187 g/mol. The molecule has 0 aromatic heterocycles. The van der Waals surface area contributed by atoms with Crippen LogP contribution >= 0.6 is 0 Å². The fraction of sp³-hybridized carbons (Fsp3) is 0.750. The summed E-state index contributed by atoms with van der Waals surface area (Å²) in [6, 6.07) is 0. The van der Waals surface area contributed by atoms with E-state index in [9.17, 15) is 9.59 Å². The Balaban J connectivity index is 2.41. The Hall–Kier alpha value is -1.10. The van der Waals surface area contributed by atoms with Gasteiger partial charge in [0.05, 0.1) is 0 Å². The Bertz CT molecular complexity index is 208. The van der Waals surface area contributed by atoms with E-state index in [1.54, 1.807) is 0 Å². The lowest BCUT2D eigenvalue weighted by molar-refractivity contribution is -0.156. The number of likely N-dealkylation sites (tertiary alicyclic amines) is 1. The molecule has 1 aliphatic heterocycles. The fourth-order valence-electron chi connectivity index (χ4n) is 1.45. The highest BCUT2D eigenvalue weighted by molar-refractivity contribution is 6.31. The maximum atomic E-state index is 11.0. The van der Waals surface area contributed by atoms with Crippen LogP contribution < -0.4 is 0 Å². The van der Waals surface area contributed by atoms with E-state index >= 15 is 0 Å². The van der Waals surface area contributed by atoms with Gasteiger partial charge in [-0.15, -0.1) is 0 Å². The number of amides is 1. The molecule has 0 aromatic rings. The van der Waals surface area contributed by atoms with Crippen LogP contribution in [0, 0.1) is 5.92 Å². The second-order valence-corrected chi connectivity index (χ2v) is 3.22. The number of carboxylic acids is 1. The number of aliphatic hydroxyl groups excluding tert-OH is 1. The minimum absolute atomic E-state index is 0.120. The Morgan fingerprint density at radius 3 is 2.23 bits per heavy atom. The van der Waals surface area contributed by atoms with Gasteiger partial charge in [-0.05, 0) is 18.8 Å². The topological polar surface area (TPSA) is 77.8 Å². The maximum absolute atomic E-state index is 11.0. The van der Waals surface area contributed by atoms with Gasteiger partial charge in [0.1, 0.15) is 0 Å². The van der Waals surface area contributed by atoms with Crippen molar-refractivity contribution in [3.8, 4) is 0 Å². The average Bonchev–Trinajstić information content (AvgIpc) is 2.17. The number of nitrogens with zero attached hydrogens (tertiary/aromatic N) is 1. The molecule has 1 saturated heterocycles. The molecule has 0 aliphatic carbocycles. The van der Waals surface area contributed by atoms with E-state index in [0.717, 1.165) is 0 Å². The van der Waals surface area contributed by atoms with Gasteiger partial charge in [0.25, 0.3) is 0 Å². The Labute approximate surface area is 76.0 Å². The van der Waals surface area contributed by atoms with Crippen LogP contribution in [0.5, 0.6) is 0 Å². The smallest absolute Gasteiger partial charge is 0.394 e. The first-order valence-electron chi connectivity index (χ1n) is 4.28. The molecule has 74 valence electrons. The van der Waals surface area contributed by atoms with Crippen LogP contribution in [0.1, 0.15) is 12.8 Å². The average molecular weight is 187 g/mol. The third kappa shape index (κ3) is 2.42. The van der Waals surface area contributed by atoms with E-state index in [-0.39, 0.29) is 12.5 Å². The van der Waals surface area contributed by atoms with Crippen LogP contribution in [0.25, 0.3) is 0 Å². The number of hydrogen-bond acceptors (Lipinski definition) is 3. The lowest BCUT2D eigenvalue weighted by Crippen LogP contribution is -2.42. The van der Waals surface area contributed by atoms with Crippen molar-refractivity contribution in [2.24, 2.45) is 5.92 Å². The van der Waals surface area contributed by atoms with Crippen LogP contribution in [-0.4, -0.2) is 46.7 Å². The quantitative estimate of drug-likeness (QED) is 0.532. The number of piperidine rings is 1. The third-order valence-electron chi connectivity index (χ3n) is 2.34. The number of aliphatic carboxylic acids is 1. The van der Waals surface area contributed by atoms with E-state index in [1.807, 2.05) is 0 Å². The molecule has 13 heavy (non-hydrogen) atoms. The van der Waals surface area contributed by atoms with Crippen LogP contribution in [-0.2, 0) is 9.59 Å². The summed E-state index contributed by atoms with van der Waals surface area (Å²) in [4.78, 5) is 22.6. The SMILES string of the molecule is O=C(O)C(=O)N1CCC(CO)CC1. The molecule has 2 N–H and O–H groups in total. The maximum Gasteiger partial charge on any atom is 0.394 e. The third-order valence-corrected chi connectivity index (χ3v) is 2.34. The summed E-state index contributed by atoms with van der Waals surface area (Å²) in [7, 11) is 0. The van der Waals surface area contributed by atoms with Crippen molar-refractivity contribution in [1.82, 2.24) is 4.90 Å². The van der Waals surface area contributed by atoms with Crippen molar-refractivity contribution in [2.75, 3.05) is 19.7 Å². The minimum Gasteiger partial charge on any atom is -0.474 e. The number of rotatable bonds is 1. The molecule has 5 nitrogen and oxygen atoms in total. The van der Waals surface area contributed by atoms with Gasteiger partial charge in [-0.3, -0.25) is 4.79 Å². The van der Waals surface area contributed by atoms with E-state index < -0.39 is 11.9 Å². The number of carbonyl (C=O) groups excluding carboxylic acids is 1. The molecule has 0 atom stereocenters. The Kier molecular flexibility index (Phi) is 3.25. The number of carboxylic acid groups (broad SMARTS) is 1. The Morgan fingerprint density at radius 2 is 1.85 bits per heavy atom.